The van der Waals surface area contributed by atoms with Gasteiger partial charge in [-0.15, -0.1) is 48.0 Å². The molecule has 0 spiro atoms. The Morgan fingerprint density at radius 2 is 1.42 bits per heavy atom. The Balaban J connectivity index is 0. The van der Waals surface area contributed by atoms with Gasteiger partial charge in [-0.1, -0.05) is 6.07 Å². The Morgan fingerprint density at radius 3 is 1.75 bits per heavy atom. The van der Waals surface area contributed by atoms with E-state index < -0.39 is 0 Å². The normalized spacial score (nSPS) is 8.17. The first-order valence-electron chi connectivity index (χ1n) is 2.93. The maximum Gasteiger partial charge on any atom is 0.0647 e. The topological polar surface area (TPSA) is 12.9 Å². The fourth-order valence-electron chi connectivity index (χ4n) is 0.678. The summed E-state index contributed by atoms with van der Waals surface area (Å²) in [6, 6.07) is 5.66. The summed E-state index contributed by atoms with van der Waals surface area (Å²) in [6.07, 6.45) is 0. The van der Waals surface area contributed by atoms with E-state index in [2.05, 4.69) is 4.98 Å². The van der Waals surface area contributed by atoms with E-state index in [1.165, 1.54) is 0 Å². The summed E-state index contributed by atoms with van der Waals surface area (Å²) < 4.78 is 0. The molecule has 1 aromatic rings. The van der Waals surface area contributed by atoms with Gasteiger partial charge in [-0.3, -0.25) is 4.98 Å². The molecular weight excluding hydrogens is 240 g/mol. The zero-order valence-electron chi connectivity index (χ0n) is 6.17. The minimum absolute atomic E-state index is 0. The van der Waals surface area contributed by atoms with Crippen LogP contribution in [-0.4, -0.2) is 4.98 Å². The third kappa shape index (κ3) is 4.36. The summed E-state index contributed by atoms with van der Waals surface area (Å²) in [7, 11) is 0. The summed E-state index contributed by atoms with van der Waals surface area (Å²) in [5.41, 5.74) is 1.75. The van der Waals surface area contributed by atoms with Gasteiger partial charge < -0.3 is 0 Å². The Kier molecular flexibility index (Phi) is 9.79. The zero-order valence-corrected chi connectivity index (χ0v) is 9.31. The van der Waals surface area contributed by atoms with E-state index in [4.69, 9.17) is 23.2 Å². The maximum absolute atomic E-state index is 5.55. The number of rotatable bonds is 2. The molecule has 0 aromatic carbocycles. The van der Waals surface area contributed by atoms with Crippen LogP contribution in [0.3, 0.4) is 0 Å². The van der Waals surface area contributed by atoms with Crippen LogP contribution in [-0.2, 0) is 11.8 Å². The molecule has 5 heteroatoms. The standard InChI is InChI=1S/C7H7Cl2N.2ClH/c8-4-6-2-1-3-7(5-9)10-6;;/h1-3H,4-5H2;2*1H. The van der Waals surface area contributed by atoms with Crippen molar-refractivity contribution in [1.82, 2.24) is 4.98 Å². The van der Waals surface area contributed by atoms with E-state index in [-0.39, 0.29) is 24.8 Å². The molecule has 0 N–H and O–H groups in total. The number of halogens is 4. The molecule has 1 heterocycles. The molecule has 0 fully saturated rings. The minimum atomic E-state index is 0. The van der Waals surface area contributed by atoms with Gasteiger partial charge >= 0.3 is 0 Å². The van der Waals surface area contributed by atoms with Crippen molar-refractivity contribution in [2.45, 2.75) is 11.8 Å². The Labute approximate surface area is 94.3 Å². The summed E-state index contributed by atoms with van der Waals surface area (Å²) in [6.45, 7) is 0. The van der Waals surface area contributed by atoms with Gasteiger partial charge in [0, 0.05) is 0 Å². The lowest BCUT2D eigenvalue weighted by molar-refractivity contribution is 1.08. The average Bonchev–Trinajstić information content (AvgIpc) is 2.05. The second kappa shape index (κ2) is 7.93. The quantitative estimate of drug-likeness (QED) is 0.732. The van der Waals surface area contributed by atoms with E-state index in [9.17, 15) is 0 Å². The second-order valence-corrected chi connectivity index (χ2v) is 2.42. The number of aromatic nitrogens is 1. The highest BCUT2D eigenvalue weighted by atomic mass is 35.5. The van der Waals surface area contributed by atoms with Gasteiger partial charge in [0.1, 0.15) is 0 Å². The average molecular weight is 249 g/mol. The van der Waals surface area contributed by atoms with Crippen LogP contribution in [0.25, 0.3) is 0 Å². The Hall–Kier alpha value is 0.310. The lowest BCUT2D eigenvalue weighted by atomic mass is 10.3. The third-order valence-electron chi connectivity index (χ3n) is 1.14. The van der Waals surface area contributed by atoms with Crippen molar-refractivity contribution >= 4 is 48.0 Å². The van der Waals surface area contributed by atoms with Crippen LogP contribution >= 0.6 is 48.0 Å². The highest BCUT2D eigenvalue weighted by molar-refractivity contribution is 6.17. The van der Waals surface area contributed by atoms with Crippen LogP contribution < -0.4 is 0 Å². The summed E-state index contributed by atoms with van der Waals surface area (Å²) in [5.74, 6) is 0.898. The van der Waals surface area contributed by atoms with Crippen molar-refractivity contribution in [2.75, 3.05) is 0 Å². The lowest BCUT2D eigenvalue weighted by Crippen LogP contribution is -1.89. The van der Waals surface area contributed by atoms with E-state index in [1.54, 1.807) is 0 Å². The van der Waals surface area contributed by atoms with Gasteiger partial charge in [-0.05, 0) is 12.1 Å². The van der Waals surface area contributed by atoms with E-state index >= 15 is 0 Å². The second-order valence-electron chi connectivity index (χ2n) is 1.89. The van der Waals surface area contributed by atoms with Gasteiger partial charge in [-0.25, -0.2) is 0 Å². The van der Waals surface area contributed by atoms with Gasteiger partial charge in [0.2, 0.25) is 0 Å². The van der Waals surface area contributed by atoms with Gasteiger partial charge in [0.15, 0.2) is 0 Å². The zero-order chi connectivity index (χ0) is 7.40. The molecule has 0 unspecified atom stereocenters. The fourth-order valence-corrected chi connectivity index (χ4v) is 0.976. The molecule has 0 atom stereocenters. The highest BCUT2D eigenvalue weighted by Crippen LogP contribution is 2.04. The van der Waals surface area contributed by atoms with Crippen LogP contribution in [0.4, 0.5) is 0 Å². The lowest BCUT2D eigenvalue weighted by Gasteiger charge is -1.95. The van der Waals surface area contributed by atoms with E-state index in [0.29, 0.717) is 11.8 Å². The number of pyridine rings is 1. The first-order chi connectivity index (χ1) is 4.86. The predicted molar refractivity (Wildman–Crippen MR) is 57.8 cm³/mol. The summed E-state index contributed by atoms with van der Waals surface area (Å²) >= 11 is 11.1. The molecule has 0 saturated carbocycles. The SMILES string of the molecule is Cl.Cl.ClCc1cccc(CCl)n1. The summed E-state index contributed by atoms with van der Waals surface area (Å²) in [5, 5.41) is 0. The molecule has 0 bridgehead atoms. The maximum atomic E-state index is 5.55. The highest BCUT2D eigenvalue weighted by Gasteiger charge is 1.93. The third-order valence-corrected chi connectivity index (χ3v) is 1.69. The smallest absolute Gasteiger partial charge is 0.0647 e. The number of alkyl halides is 2. The monoisotopic (exact) mass is 247 g/mol. The van der Waals surface area contributed by atoms with Crippen LogP contribution in [0.15, 0.2) is 18.2 Å². The van der Waals surface area contributed by atoms with E-state index in [1.807, 2.05) is 18.2 Å². The molecule has 1 aromatic heterocycles. The molecule has 0 aliphatic heterocycles. The van der Waals surface area contributed by atoms with Crippen LogP contribution in [0, 0.1) is 0 Å². The first kappa shape index (κ1) is 14.8. The largest absolute Gasteiger partial charge is 0.255 e. The minimum Gasteiger partial charge on any atom is -0.255 e. The molecule has 1 nitrogen and oxygen atoms in total. The molecule has 12 heavy (non-hydrogen) atoms. The van der Waals surface area contributed by atoms with E-state index in [0.717, 1.165) is 11.4 Å². The van der Waals surface area contributed by atoms with Crippen molar-refractivity contribution in [3.8, 4) is 0 Å². The predicted octanol–water partition coefficient (Wildman–Crippen LogP) is 3.40. The number of nitrogens with zero attached hydrogens (tertiary/aromatic N) is 1. The van der Waals surface area contributed by atoms with Crippen molar-refractivity contribution in [3.63, 3.8) is 0 Å². The fraction of sp³-hybridized carbons (Fsp3) is 0.286. The molecule has 0 saturated heterocycles. The molecule has 0 amide bonds. The molecule has 70 valence electrons. The molecule has 1 rings (SSSR count). The van der Waals surface area contributed by atoms with Crippen molar-refractivity contribution in [2.24, 2.45) is 0 Å². The van der Waals surface area contributed by atoms with Crippen LogP contribution in [0.1, 0.15) is 11.4 Å². The van der Waals surface area contributed by atoms with Crippen LogP contribution in [0.2, 0.25) is 0 Å². The van der Waals surface area contributed by atoms with Crippen molar-refractivity contribution < 1.29 is 0 Å². The number of hydrogen-bond donors (Lipinski definition) is 0. The molecular formula is C7H9Cl4N. The number of hydrogen-bond acceptors (Lipinski definition) is 1. The van der Waals surface area contributed by atoms with Gasteiger partial charge in [0.05, 0.1) is 23.1 Å². The first-order valence-corrected chi connectivity index (χ1v) is 4.00. The Bertz CT molecular complexity index is 197. The van der Waals surface area contributed by atoms with Crippen molar-refractivity contribution in [1.29, 1.82) is 0 Å². The Morgan fingerprint density at radius 1 is 1.00 bits per heavy atom. The summed E-state index contributed by atoms with van der Waals surface area (Å²) in [4.78, 5) is 4.15. The van der Waals surface area contributed by atoms with Crippen molar-refractivity contribution in [3.05, 3.63) is 29.6 Å². The molecule has 0 aliphatic rings. The molecule has 0 radical (unpaired) electrons. The van der Waals surface area contributed by atoms with Crippen LogP contribution in [0.5, 0.6) is 0 Å². The molecule has 0 aliphatic carbocycles. The van der Waals surface area contributed by atoms with Gasteiger partial charge in [0.25, 0.3) is 0 Å². The van der Waals surface area contributed by atoms with Gasteiger partial charge in [-0.2, -0.15) is 0 Å².